The van der Waals surface area contributed by atoms with Crippen molar-refractivity contribution in [2.45, 2.75) is 34.6 Å². The van der Waals surface area contributed by atoms with Gasteiger partial charge in [-0.15, -0.1) is 0 Å². The number of benzene rings is 1. The lowest BCUT2D eigenvalue weighted by atomic mass is 9.79. The monoisotopic (exact) mass is 290 g/mol. The topological polar surface area (TPSA) is 36.3 Å². The molecular weight excluding hydrogens is 260 g/mol. The van der Waals surface area contributed by atoms with Crippen LogP contribution in [0.2, 0.25) is 0 Å². The van der Waals surface area contributed by atoms with Gasteiger partial charge in [-0.3, -0.25) is 0 Å². The predicted molar refractivity (Wildman–Crippen MR) is 89.3 cm³/mol. The minimum Gasteiger partial charge on any atom is -0.380 e. The molecule has 3 nitrogen and oxygen atoms in total. The van der Waals surface area contributed by atoms with Crippen LogP contribution < -0.4 is 0 Å². The van der Waals surface area contributed by atoms with E-state index in [1.807, 2.05) is 52.8 Å². The van der Waals surface area contributed by atoms with Crippen molar-refractivity contribution in [1.82, 2.24) is 4.90 Å². The van der Waals surface area contributed by atoms with Crippen LogP contribution in [-0.4, -0.2) is 38.3 Å². The highest BCUT2D eigenvalue weighted by Crippen LogP contribution is 2.35. The minimum absolute atomic E-state index is 0.620. The Hall–Kier alpha value is -1.37. The van der Waals surface area contributed by atoms with Crippen molar-refractivity contribution in [2.24, 2.45) is 5.41 Å². The van der Waals surface area contributed by atoms with E-state index in [0.717, 1.165) is 24.3 Å². The largest absolute Gasteiger partial charge is 0.380 e. The van der Waals surface area contributed by atoms with Crippen molar-refractivity contribution >= 4 is 0 Å². The fourth-order valence-corrected chi connectivity index (χ4v) is 2.39. The third kappa shape index (κ3) is 6.29. The molecule has 0 atom stereocenters. The molecule has 0 amide bonds. The van der Waals surface area contributed by atoms with Gasteiger partial charge < -0.3 is 9.64 Å². The summed E-state index contributed by atoms with van der Waals surface area (Å²) in [5.74, 6) is 0. The molecule has 1 aromatic rings. The number of aryl methyl sites for hydroxylation is 1. The maximum Gasteiger partial charge on any atom is 0.0991 e. The third-order valence-electron chi connectivity index (χ3n) is 3.17. The molecule has 3 rings (SSSR count). The number of likely N-dealkylation sites (tertiary alicyclic amines) is 1. The molecule has 21 heavy (non-hydrogen) atoms. The summed E-state index contributed by atoms with van der Waals surface area (Å²) in [6, 6.07) is 9.58. The van der Waals surface area contributed by atoms with Crippen LogP contribution in [0.4, 0.5) is 0 Å². The molecule has 0 bridgehead atoms. The zero-order valence-corrected chi connectivity index (χ0v) is 14.4. The van der Waals surface area contributed by atoms with Crippen molar-refractivity contribution in [2.75, 3.05) is 33.4 Å². The maximum atomic E-state index is 8.41. The molecule has 2 aliphatic rings. The molecule has 2 fully saturated rings. The zero-order valence-electron chi connectivity index (χ0n) is 14.4. The Balaban J connectivity index is 0.000000310. The second-order valence-electron chi connectivity index (χ2n) is 5.15. The first-order chi connectivity index (χ1) is 10.1. The lowest BCUT2D eigenvalue weighted by molar-refractivity contribution is -0.182. The Morgan fingerprint density at radius 3 is 1.95 bits per heavy atom. The van der Waals surface area contributed by atoms with Gasteiger partial charge >= 0.3 is 0 Å². The van der Waals surface area contributed by atoms with Crippen LogP contribution in [0.5, 0.6) is 0 Å². The van der Waals surface area contributed by atoms with Gasteiger partial charge in [-0.05, 0) is 31.7 Å². The number of rotatable bonds is 0. The van der Waals surface area contributed by atoms with E-state index in [1.165, 1.54) is 13.1 Å². The second kappa shape index (κ2) is 10.4. The standard InChI is InChI=1S/C8H7N.C6H11NO.2C2H6/c1-7-3-2-4-8(5-7)6-9;1-7-2-6(3-7)4-8-5-6;2*1-2/h2-5H,1H3;2-5H2,1H3;2*1-2H3. The number of nitrogens with zero attached hydrogens (tertiary/aromatic N) is 2. The quantitative estimate of drug-likeness (QED) is 0.728. The summed E-state index contributed by atoms with van der Waals surface area (Å²) in [5.41, 5.74) is 2.48. The Labute approximate surface area is 130 Å². The molecule has 0 unspecified atom stereocenters. The van der Waals surface area contributed by atoms with Gasteiger partial charge in [-0.1, -0.05) is 39.8 Å². The van der Waals surface area contributed by atoms with E-state index < -0.39 is 0 Å². The van der Waals surface area contributed by atoms with Crippen LogP contribution in [0, 0.1) is 23.7 Å². The van der Waals surface area contributed by atoms with E-state index in [1.54, 1.807) is 6.07 Å². The first-order valence-electron chi connectivity index (χ1n) is 7.87. The lowest BCUT2D eigenvalue weighted by Gasteiger charge is -2.53. The van der Waals surface area contributed by atoms with E-state index in [9.17, 15) is 0 Å². The Morgan fingerprint density at radius 2 is 1.71 bits per heavy atom. The SMILES string of the molecule is CC.CC.CN1CC2(COC2)C1.Cc1cccc(C#N)c1. The predicted octanol–water partition coefficient (Wildman–Crippen LogP) is 3.87. The second-order valence-corrected chi connectivity index (χ2v) is 5.15. The maximum absolute atomic E-state index is 8.41. The zero-order chi connectivity index (χ0) is 16.3. The van der Waals surface area contributed by atoms with Crippen LogP contribution in [0.25, 0.3) is 0 Å². The van der Waals surface area contributed by atoms with E-state index in [4.69, 9.17) is 10.00 Å². The van der Waals surface area contributed by atoms with Gasteiger partial charge in [0.2, 0.25) is 0 Å². The highest BCUT2D eigenvalue weighted by molar-refractivity contribution is 5.31. The summed E-state index contributed by atoms with van der Waals surface area (Å²) >= 11 is 0. The Bertz CT molecular complexity index is 425. The average Bonchev–Trinajstić information content (AvgIpc) is 2.47. The summed E-state index contributed by atoms with van der Waals surface area (Å²) in [6.45, 7) is 14.5. The molecule has 0 saturated carbocycles. The van der Waals surface area contributed by atoms with Gasteiger partial charge in [0.25, 0.3) is 0 Å². The molecule has 0 aromatic heterocycles. The molecule has 2 saturated heterocycles. The van der Waals surface area contributed by atoms with Crippen molar-refractivity contribution in [1.29, 1.82) is 5.26 Å². The van der Waals surface area contributed by atoms with E-state index in [0.29, 0.717) is 5.41 Å². The first kappa shape index (κ1) is 19.6. The highest BCUT2D eigenvalue weighted by atomic mass is 16.5. The molecule has 118 valence electrons. The van der Waals surface area contributed by atoms with E-state index in [2.05, 4.69) is 18.0 Å². The lowest BCUT2D eigenvalue weighted by Crippen LogP contribution is -2.64. The van der Waals surface area contributed by atoms with Crippen LogP contribution in [0.15, 0.2) is 24.3 Å². The van der Waals surface area contributed by atoms with Gasteiger partial charge in [-0.2, -0.15) is 5.26 Å². The van der Waals surface area contributed by atoms with Crippen molar-refractivity contribution in [3.05, 3.63) is 35.4 Å². The van der Waals surface area contributed by atoms with Crippen LogP contribution in [0.1, 0.15) is 38.8 Å². The highest BCUT2D eigenvalue weighted by Gasteiger charge is 2.47. The molecule has 2 aliphatic heterocycles. The van der Waals surface area contributed by atoms with Crippen molar-refractivity contribution in [3.8, 4) is 6.07 Å². The van der Waals surface area contributed by atoms with Crippen LogP contribution in [0.3, 0.4) is 0 Å². The summed E-state index contributed by atoms with van der Waals surface area (Å²) in [6.07, 6.45) is 0. The summed E-state index contributed by atoms with van der Waals surface area (Å²) in [4.78, 5) is 2.34. The molecule has 0 N–H and O–H groups in total. The van der Waals surface area contributed by atoms with Gasteiger partial charge in [-0.25, -0.2) is 0 Å². The summed E-state index contributed by atoms with van der Waals surface area (Å²) < 4.78 is 5.10. The molecular formula is C18H30N2O. The van der Waals surface area contributed by atoms with Crippen molar-refractivity contribution in [3.63, 3.8) is 0 Å². The molecule has 2 heterocycles. The number of ether oxygens (including phenoxy) is 1. The fourth-order valence-electron chi connectivity index (χ4n) is 2.39. The minimum atomic E-state index is 0.620. The molecule has 1 spiro atoms. The summed E-state index contributed by atoms with van der Waals surface area (Å²) in [7, 11) is 2.16. The first-order valence-corrected chi connectivity index (χ1v) is 7.87. The Kier molecular flexibility index (Phi) is 9.69. The van der Waals surface area contributed by atoms with Gasteiger partial charge in [0.1, 0.15) is 0 Å². The van der Waals surface area contributed by atoms with Gasteiger partial charge in [0.05, 0.1) is 24.8 Å². The van der Waals surface area contributed by atoms with Gasteiger partial charge in [0, 0.05) is 18.5 Å². The number of hydrogen-bond acceptors (Lipinski definition) is 3. The third-order valence-corrected chi connectivity index (χ3v) is 3.17. The smallest absolute Gasteiger partial charge is 0.0991 e. The molecule has 0 aliphatic carbocycles. The van der Waals surface area contributed by atoms with Crippen molar-refractivity contribution < 1.29 is 4.74 Å². The number of nitriles is 1. The van der Waals surface area contributed by atoms with Crippen LogP contribution in [-0.2, 0) is 4.74 Å². The molecule has 1 aromatic carbocycles. The normalized spacial score (nSPS) is 17.2. The van der Waals surface area contributed by atoms with Gasteiger partial charge in [0.15, 0.2) is 0 Å². The van der Waals surface area contributed by atoms with E-state index in [-0.39, 0.29) is 0 Å². The average molecular weight is 290 g/mol. The Morgan fingerprint density at radius 1 is 1.14 bits per heavy atom. The summed E-state index contributed by atoms with van der Waals surface area (Å²) in [5, 5.41) is 8.41. The fraction of sp³-hybridized carbons (Fsp3) is 0.611. The van der Waals surface area contributed by atoms with Crippen LogP contribution >= 0.6 is 0 Å². The number of hydrogen-bond donors (Lipinski definition) is 0. The molecule has 0 radical (unpaired) electrons. The molecule has 3 heteroatoms. The van der Waals surface area contributed by atoms with E-state index >= 15 is 0 Å².